The molecule has 2 atom stereocenters. The van der Waals surface area contributed by atoms with Crippen molar-refractivity contribution in [1.82, 2.24) is 5.32 Å². The molecule has 1 nitrogen and oxygen atoms in total. The van der Waals surface area contributed by atoms with Crippen LogP contribution < -0.4 is 5.32 Å². The second kappa shape index (κ2) is 6.31. The molecule has 1 aliphatic carbocycles. The monoisotopic (exact) mass is 331 g/mol. The van der Waals surface area contributed by atoms with E-state index in [9.17, 15) is 8.78 Å². The van der Waals surface area contributed by atoms with Gasteiger partial charge in [0.15, 0.2) is 0 Å². The fourth-order valence-corrected chi connectivity index (χ4v) is 2.95. The minimum absolute atomic E-state index is 0.230. The summed E-state index contributed by atoms with van der Waals surface area (Å²) in [5, 5.41) is 3.41. The van der Waals surface area contributed by atoms with E-state index < -0.39 is 11.6 Å². The molecule has 1 aromatic rings. The highest BCUT2D eigenvalue weighted by Gasteiger charge is 2.32. The van der Waals surface area contributed by atoms with Gasteiger partial charge in [0.05, 0.1) is 4.47 Å². The summed E-state index contributed by atoms with van der Waals surface area (Å²) in [5.41, 5.74) is 0.230. The third-order valence-corrected chi connectivity index (χ3v) is 4.58. The van der Waals surface area contributed by atoms with E-state index in [-0.39, 0.29) is 5.56 Å². The first kappa shape index (κ1) is 14.9. The molecule has 1 aromatic carbocycles. The van der Waals surface area contributed by atoms with E-state index in [1.807, 2.05) is 0 Å². The quantitative estimate of drug-likeness (QED) is 0.793. The highest BCUT2D eigenvalue weighted by molar-refractivity contribution is 9.10. The maximum absolute atomic E-state index is 13.9. The lowest BCUT2D eigenvalue weighted by Crippen LogP contribution is -2.39. The first-order valence-corrected chi connectivity index (χ1v) is 7.64. The first-order chi connectivity index (χ1) is 8.99. The van der Waals surface area contributed by atoms with Gasteiger partial charge in [0.2, 0.25) is 0 Å². The van der Waals surface area contributed by atoms with Crippen LogP contribution >= 0.6 is 15.9 Å². The standard InChI is InChI=1S/C15H20BrF2N/c1-9(2)19-8-11-4-3-10(11)7-12-14(17)6-5-13(16)15(12)18/h5-6,9-11,19H,3-4,7-8H2,1-2H3. The highest BCUT2D eigenvalue weighted by atomic mass is 79.9. The van der Waals surface area contributed by atoms with Crippen LogP contribution in [0.2, 0.25) is 0 Å². The second-order valence-corrected chi connectivity index (χ2v) is 6.54. The molecule has 0 aromatic heterocycles. The van der Waals surface area contributed by atoms with Crippen molar-refractivity contribution in [3.05, 3.63) is 33.8 Å². The molecule has 0 bridgehead atoms. The zero-order chi connectivity index (χ0) is 14.0. The number of benzene rings is 1. The Bertz CT molecular complexity index is 448. The Labute approximate surface area is 121 Å². The van der Waals surface area contributed by atoms with Gasteiger partial charge in [0.25, 0.3) is 0 Å². The summed E-state index contributed by atoms with van der Waals surface area (Å²) in [6.07, 6.45) is 2.72. The fourth-order valence-electron chi connectivity index (χ4n) is 2.58. The normalized spacial score (nSPS) is 22.6. The Morgan fingerprint density at radius 1 is 1.26 bits per heavy atom. The number of nitrogens with one attached hydrogen (secondary N) is 1. The van der Waals surface area contributed by atoms with Gasteiger partial charge in [-0.15, -0.1) is 0 Å². The van der Waals surface area contributed by atoms with Crippen molar-refractivity contribution in [2.75, 3.05) is 6.54 Å². The van der Waals surface area contributed by atoms with Crippen LogP contribution in [0.5, 0.6) is 0 Å². The largest absolute Gasteiger partial charge is 0.314 e. The number of hydrogen-bond acceptors (Lipinski definition) is 1. The van der Waals surface area contributed by atoms with Crippen molar-refractivity contribution >= 4 is 15.9 Å². The number of rotatable bonds is 5. The van der Waals surface area contributed by atoms with Crippen LogP contribution in [0.15, 0.2) is 16.6 Å². The van der Waals surface area contributed by atoms with Crippen LogP contribution in [0.4, 0.5) is 8.78 Å². The summed E-state index contributed by atoms with van der Waals surface area (Å²) < 4.78 is 28.0. The van der Waals surface area contributed by atoms with E-state index >= 15 is 0 Å². The first-order valence-electron chi connectivity index (χ1n) is 6.84. The number of hydrogen-bond donors (Lipinski definition) is 1. The minimum atomic E-state index is -0.442. The molecule has 2 rings (SSSR count). The summed E-state index contributed by atoms with van der Waals surface area (Å²) in [4.78, 5) is 0. The van der Waals surface area contributed by atoms with E-state index in [1.165, 1.54) is 12.1 Å². The molecule has 4 heteroatoms. The molecule has 1 saturated carbocycles. The Morgan fingerprint density at radius 2 is 1.95 bits per heavy atom. The molecule has 1 N–H and O–H groups in total. The van der Waals surface area contributed by atoms with Gasteiger partial charge in [0.1, 0.15) is 11.6 Å². The van der Waals surface area contributed by atoms with Crippen molar-refractivity contribution in [3.8, 4) is 0 Å². The van der Waals surface area contributed by atoms with E-state index in [2.05, 4.69) is 35.1 Å². The van der Waals surface area contributed by atoms with Gasteiger partial charge in [0, 0.05) is 11.6 Å². The van der Waals surface area contributed by atoms with Gasteiger partial charge in [-0.3, -0.25) is 0 Å². The Kier molecular flexibility index (Phi) is 4.96. The molecule has 19 heavy (non-hydrogen) atoms. The molecule has 0 saturated heterocycles. The van der Waals surface area contributed by atoms with E-state index in [1.54, 1.807) is 0 Å². The molecular weight excluding hydrogens is 312 g/mol. The van der Waals surface area contributed by atoms with Gasteiger partial charge in [-0.25, -0.2) is 8.78 Å². The Morgan fingerprint density at radius 3 is 2.53 bits per heavy atom. The van der Waals surface area contributed by atoms with Gasteiger partial charge < -0.3 is 5.32 Å². The molecule has 1 fully saturated rings. The Hall–Kier alpha value is -0.480. The molecule has 106 valence electrons. The zero-order valence-corrected chi connectivity index (χ0v) is 12.9. The van der Waals surface area contributed by atoms with Crippen LogP contribution in [0.25, 0.3) is 0 Å². The lowest BCUT2D eigenvalue weighted by Gasteiger charge is -2.37. The number of halogens is 3. The summed E-state index contributed by atoms with van der Waals surface area (Å²) in [5.74, 6) is 0.0652. The molecular formula is C15H20BrF2N. The van der Waals surface area contributed by atoms with Crippen LogP contribution in [0.3, 0.4) is 0 Å². The molecule has 1 aliphatic rings. The van der Waals surface area contributed by atoms with Gasteiger partial charge >= 0.3 is 0 Å². The summed E-state index contributed by atoms with van der Waals surface area (Å²) in [6.45, 7) is 5.17. The van der Waals surface area contributed by atoms with E-state index in [0.717, 1.165) is 19.4 Å². The molecule has 0 spiro atoms. The molecule has 0 aliphatic heterocycles. The highest BCUT2D eigenvalue weighted by Crippen LogP contribution is 2.38. The molecule has 0 amide bonds. The van der Waals surface area contributed by atoms with Crippen LogP contribution in [0.1, 0.15) is 32.3 Å². The molecule has 2 unspecified atom stereocenters. The van der Waals surface area contributed by atoms with Crippen molar-refractivity contribution < 1.29 is 8.78 Å². The topological polar surface area (TPSA) is 12.0 Å². The van der Waals surface area contributed by atoms with Crippen LogP contribution in [-0.2, 0) is 6.42 Å². The average Bonchev–Trinajstić information content (AvgIpc) is 2.32. The van der Waals surface area contributed by atoms with Crippen LogP contribution in [0, 0.1) is 23.5 Å². The summed E-state index contributed by atoms with van der Waals surface area (Å²) >= 11 is 3.12. The third-order valence-electron chi connectivity index (χ3n) is 3.97. The van der Waals surface area contributed by atoms with Crippen molar-refractivity contribution in [3.63, 3.8) is 0 Å². The van der Waals surface area contributed by atoms with Crippen molar-refractivity contribution in [2.24, 2.45) is 11.8 Å². The summed E-state index contributed by atoms with van der Waals surface area (Å²) in [7, 11) is 0. The van der Waals surface area contributed by atoms with Gasteiger partial charge in [-0.1, -0.05) is 13.8 Å². The lowest BCUT2D eigenvalue weighted by molar-refractivity contribution is 0.165. The predicted molar refractivity (Wildman–Crippen MR) is 77.1 cm³/mol. The maximum Gasteiger partial charge on any atom is 0.143 e. The van der Waals surface area contributed by atoms with Crippen molar-refractivity contribution in [2.45, 2.75) is 39.2 Å². The zero-order valence-electron chi connectivity index (χ0n) is 11.3. The fraction of sp³-hybridized carbons (Fsp3) is 0.600. The van der Waals surface area contributed by atoms with E-state index in [0.29, 0.717) is 28.8 Å². The maximum atomic E-state index is 13.9. The lowest BCUT2D eigenvalue weighted by atomic mass is 9.70. The minimum Gasteiger partial charge on any atom is -0.314 e. The Balaban J connectivity index is 2.00. The van der Waals surface area contributed by atoms with E-state index in [4.69, 9.17) is 0 Å². The van der Waals surface area contributed by atoms with Crippen LogP contribution in [-0.4, -0.2) is 12.6 Å². The molecule has 0 radical (unpaired) electrons. The summed E-state index contributed by atoms with van der Waals surface area (Å²) in [6, 6.07) is 3.22. The van der Waals surface area contributed by atoms with Crippen molar-refractivity contribution in [1.29, 1.82) is 0 Å². The van der Waals surface area contributed by atoms with Gasteiger partial charge in [-0.05, 0) is 65.7 Å². The third kappa shape index (κ3) is 3.54. The average molecular weight is 332 g/mol. The van der Waals surface area contributed by atoms with Gasteiger partial charge in [-0.2, -0.15) is 0 Å². The predicted octanol–water partition coefficient (Wildman–Crippen LogP) is 4.29. The smallest absolute Gasteiger partial charge is 0.143 e. The second-order valence-electron chi connectivity index (χ2n) is 5.69. The SMILES string of the molecule is CC(C)NCC1CCC1Cc1c(F)ccc(Br)c1F. The molecule has 0 heterocycles.